The average Bonchev–Trinajstić information content (AvgIpc) is 2.91. The lowest BCUT2D eigenvalue weighted by atomic mass is 10.2. The predicted molar refractivity (Wildman–Crippen MR) is 106 cm³/mol. The molecule has 0 spiro atoms. The topological polar surface area (TPSA) is 46.4 Å². The van der Waals surface area contributed by atoms with Crippen molar-refractivity contribution in [2.45, 2.75) is 20.8 Å². The van der Waals surface area contributed by atoms with Crippen molar-refractivity contribution in [3.63, 3.8) is 0 Å². The van der Waals surface area contributed by atoms with Crippen molar-refractivity contribution in [3.05, 3.63) is 87.7 Å². The zero-order valence-electron chi connectivity index (χ0n) is 15.0. The van der Waals surface area contributed by atoms with Crippen LogP contribution in [-0.2, 0) is 0 Å². The minimum atomic E-state index is -0.235. The molecule has 4 nitrogen and oxygen atoms in total. The number of carbonyl (C=O) groups excluding carboxylic acids is 1. The van der Waals surface area contributed by atoms with Crippen LogP contribution >= 0.6 is 11.6 Å². The molecular weight excluding hydrogens is 346 g/mol. The van der Waals surface area contributed by atoms with Crippen molar-refractivity contribution in [3.8, 4) is 5.69 Å². The molecule has 0 aliphatic carbocycles. The highest BCUT2D eigenvalue weighted by Crippen LogP contribution is 2.25. The van der Waals surface area contributed by atoms with Gasteiger partial charge in [0.15, 0.2) is 0 Å². The van der Waals surface area contributed by atoms with Crippen LogP contribution in [0.3, 0.4) is 0 Å². The molecule has 0 saturated heterocycles. The van der Waals surface area contributed by atoms with Gasteiger partial charge < -0.3 is 4.57 Å². The third kappa shape index (κ3) is 3.70. The summed E-state index contributed by atoms with van der Waals surface area (Å²) in [7, 11) is 0. The van der Waals surface area contributed by atoms with Crippen LogP contribution in [0, 0.1) is 20.8 Å². The molecule has 1 heterocycles. The van der Waals surface area contributed by atoms with Gasteiger partial charge in [-0.2, -0.15) is 5.10 Å². The molecule has 1 amide bonds. The van der Waals surface area contributed by atoms with Crippen LogP contribution in [0.1, 0.15) is 32.9 Å². The molecule has 2 aromatic carbocycles. The van der Waals surface area contributed by atoms with E-state index >= 15 is 0 Å². The van der Waals surface area contributed by atoms with E-state index in [9.17, 15) is 4.79 Å². The molecule has 0 radical (unpaired) electrons. The number of benzene rings is 2. The van der Waals surface area contributed by atoms with Gasteiger partial charge in [-0.1, -0.05) is 35.9 Å². The molecule has 0 aliphatic heterocycles. The Balaban J connectivity index is 1.84. The third-order valence-corrected chi connectivity index (χ3v) is 4.52. The molecule has 0 aliphatic rings. The summed E-state index contributed by atoms with van der Waals surface area (Å²) in [5, 5.41) is 4.80. The second kappa shape index (κ2) is 7.58. The highest BCUT2D eigenvalue weighted by atomic mass is 35.5. The maximum absolute atomic E-state index is 12.1. The lowest BCUT2D eigenvalue weighted by Crippen LogP contribution is -2.17. The van der Waals surface area contributed by atoms with E-state index in [0.29, 0.717) is 10.6 Å². The standard InChI is InChI=1S/C21H20ClN3O/c1-14-9-10-19(22)12-20(14)25-15(2)11-18(16(25)3)13-23-24-21(26)17-7-5-4-6-8-17/h4-13H,1-3H3,(H,24,26)/b23-13+. The summed E-state index contributed by atoms with van der Waals surface area (Å²) in [4.78, 5) is 12.1. The fourth-order valence-corrected chi connectivity index (χ4v) is 3.09. The van der Waals surface area contributed by atoms with E-state index in [4.69, 9.17) is 11.6 Å². The zero-order chi connectivity index (χ0) is 18.7. The van der Waals surface area contributed by atoms with Gasteiger partial charge in [0.25, 0.3) is 5.91 Å². The Labute approximate surface area is 158 Å². The molecule has 3 aromatic rings. The Morgan fingerprint density at radius 3 is 2.54 bits per heavy atom. The van der Waals surface area contributed by atoms with E-state index < -0.39 is 0 Å². The van der Waals surface area contributed by atoms with Crippen LogP contribution in [0.2, 0.25) is 5.02 Å². The Kier molecular flexibility index (Phi) is 5.24. The summed E-state index contributed by atoms with van der Waals surface area (Å²) >= 11 is 6.17. The minimum absolute atomic E-state index is 0.235. The molecule has 1 N–H and O–H groups in total. The van der Waals surface area contributed by atoms with Crippen molar-refractivity contribution in [1.29, 1.82) is 0 Å². The van der Waals surface area contributed by atoms with Crippen molar-refractivity contribution < 1.29 is 4.79 Å². The van der Waals surface area contributed by atoms with Crippen LogP contribution in [0.5, 0.6) is 0 Å². The first-order valence-electron chi connectivity index (χ1n) is 8.31. The molecule has 0 unspecified atom stereocenters. The van der Waals surface area contributed by atoms with Gasteiger partial charge in [0.05, 0.1) is 6.21 Å². The van der Waals surface area contributed by atoms with Crippen molar-refractivity contribution >= 4 is 23.7 Å². The van der Waals surface area contributed by atoms with E-state index in [2.05, 4.69) is 22.0 Å². The first-order valence-corrected chi connectivity index (χ1v) is 8.69. The predicted octanol–water partition coefficient (Wildman–Crippen LogP) is 4.82. The zero-order valence-corrected chi connectivity index (χ0v) is 15.7. The van der Waals surface area contributed by atoms with Gasteiger partial charge in [-0.15, -0.1) is 0 Å². The molecule has 0 bridgehead atoms. The number of carbonyl (C=O) groups is 1. The lowest BCUT2D eigenvalue weighted by molar-refractivity contribution is 0.0955. The first kappa shape index (κ1) is 18.0. The second-order valence-electron chi connectivity index (χ2n) is 6.16. The number of hydrogen-bond acceptors (Lipinski definition) is 2. The Morgan fingerprint density at radius 1 is 1.08 bits per heavy atom. The number of nitrogens with one attached hydrogen (secondary N) is 1. The lowest BCUT2D eigenvalue weighted by Gasteiger charge is -2.13. The van der Waals surface area contributed by atoms with Crippen LogP contribution in [0.25, 0.3) is 5.69 Å². The van der Waals surface area contributed by atoms with Gasteiger partial charge in [0, 0.05) is 33.2 Å². The molecule has 3 rings (SSSR count). The number of halogens is 1. The van der Waals surface area contributed by atoms with Gasteiger partial charge in [-0.05, 0) is 56.7 Å². The van der Waals surface area contributed by atoms with Crippen LogP contribution in [0.15, 0.2) is 59.7 Å². The minimum Gasteiger partial charge on any atom is -0.318 e. The SMILES string of the molecule is Cc1ccc(Cl)cc1-n1c(C)cc(/C=N/NC(=O)c2ccccc2)c1C. The number of rotatable bonds is 4. The Morgan fingerprint density at radius 2 is 1.81 bits per heavy atom. The van der Waals surface area contributed by atoms with E-state index in [1.54, 1.807) is 18.3 Å². The van der Waals surface area contributed by atoms with Gasteiger partial charge in [-0.3, -0.25) is 4.79 Å². The number of aryl methyl sites for hydroxylation is 2. The van der Waals surface area contributed by atoms with E-state index in [1.807, 2.05) is 56.3 Å². The number of aromatic nitrogens is 1. The summed E-state index contributed by atoms with van der Waals surface area (Å²) in [5.74, 6) is -0.235. The summed E-state index contributed by atoms with van der Waals surface area (Å²) < 4.78 is 2.14. The van der Waals surface area contributed by atoms with Gasteiger partial charge in [0.2, 0.25) is 0 Å². The normalized spacial score (nSPS) is 11.1. The summed E-state index contributed by atoms with van der Waals surface area (Å²) in [6, 6.07) is 16.9. The second-order valence-corrected chi connectivity index (χ2v) is 6.59. The van der Waals surface area contributed by atoms with Crippen LogP contribution in [-0.4, -0.2) is 16.7 Å². The Bertz CT molecular complexity index is 974. The molecule has 5 heteroatoms. The first-order chi connectivity index (χ1) is 12.5. The number of amides is 1. The fraction of sp³-hybridized carbons (Fsp3) is 0.143. The van der Waals surface area contributed by atoms with Crippen molar-refractivity contribution in [2.24, 2.45) is 5.10 Å². The van der Waals surface area contributed by atoms with E-state index in [0.717, 1.165) is 28.2 Å². The molecule has 0 fully saturated rings. The number of nitrogens with zero attached hydrogens (tertiary/aromatic N) is 2. The number of hydrogen-bond donors (Lipinski definition) is 1. The molecule has 132 valence electrons. The molecule has 0 saturated carbocycles. The fourth-order valence-electron chi connectivity index (χ4n) is 2.93. The molecular formula is C21H20ClN3O. The smallest absolute Gasteiger partial charge is 0.271 e. The highest BCUT2D eigenvalue weighted by molar-refractivity contribution is 6.30. The summed E-state index contributed by atoms with van der Waals surface area (Å²) in [5.41, 5.74) is 8.36. The molecule has 26 heavy (non-hydrogen) atoms. The van der Waals surface area contributed by atoms with E-state index in [1.165, 1.54) is 0 Å². The third-order valence-electron chi connectivity index (χ3n) is 4.29. The van der Waals surface area contributed by atoms with E-state index in [-0.39, 0.29) is 5.91 Å². The maximum atomic E-state index is 12.1. The Hall–Kier alpha value is -2.85. The quantitative estimate of drug-likeness (QED) is 0.523. The van der Waals surface area contributed by atoms with Crippen LogP contribution in [0.4, 0.5) is 0 Å². The van der Waals surface area contributed by atoms with Gasteiger partial charge in [-0.25, -0.2) is 5.43 Å². The molecule has 0 atom stereocenters. The van der Waals surface area contributed by atoms with Gasteiger partial charge in [0.1, 0.15) is 0 Å². The molecule has 1 aromatic heterocycles. The van der Waals surface area contributed by atoms with Crippen molar-refractivity contribution in [2.75, 3.05) is 0 Å². The largest absolute Gasteiger partial charge is 0.318 e. The van der Waals surface area contributed by atoms with Gasteiger partial charge >= 0.3 is 0 Å². The maximum Gasteiger partial charge on any atom is 0.271 e. The van der Waals surface area contributed by atoms with Crippen molar-refractivity contribution in [1.82, 2.24) is 9.99 Å². The average molecular weight is 366 g/mol. The number of hydrazone groups is 1. The monoisotopic (exact) mass is 365 g/mol. The summed E-state index contributed by atoms with van der Waals surface area (Å²) in [6.07, 6.45) is 1.67. The highest BCUT2D eigenvalue weighted by Gasteiger charge is 2.12. The summed E-state index contributed by atoms with van der Waals surface area (Å²) in [6.45, 7) is 6.11. The van der Waals surface area contributed by atoms with Crippen LogP contribution < -0.4 is 5.43 Å².